The van der Waals surface area contributed by atoms with Gasteiger partial charge in [0.2, 0.25) is 11.8 Å². The average molecular weight is 619 g/mol. The molecule has 2 amide bonds. The summed E-state index contributed by atoms with van der Waals surface area (Å²) in [7, 11) is -4.25. The molecule has 0 saturated heterocycles. The van der Waals surface area contributed by atoms with Crippen molar-refractivity contribution in [3.05, 3.63) is 94.2 Å². The molecule has 0 heterocycles. The van der Waals surface area contributed by atoms with E-state index in [1.807, 2.05) is 52.0 Å². The second-order valence-electron chi connectivity index (χ2n) is 10.4. The van der Waals surface area contributed by atoms with Gasteiger partial charge in [-0.05, 0) is 88.7 Å². The number of nitrogens with one attached hydrogen (secondary N) is 1. The molecular weight excluding hydrogens is 585 g/mol. The molecule has 0 unspecified atom stereocenters. The van der Waals surface area contributed by atoms with E-state index < -0.39 is 39.9 Å². The molecule has 1 atom stereocenters. The van der Waals surface area contributed by atoms with E-state index >= 15 is 0 Å². The quantitative estimate of drug-likeness (QED) is 0.347. The molecule has 0 saturated carbocycles. The number of halogens is 2. The van der Waals surface area contributed by atoms with Gasteiger partial charge in [0.15, 0.2) is 0 Å². The summed E-state index contributed by atoms with van der Waals surface area (Å²) in [4.78, 5) is 28.2. The Bertz CT molecular complexity index is 1400. The molecule has 7 nitrogen and oxygen atoms in total. The van der Waals surface area contributed by atoms with Crippen molar-refractivity contribution in [2.75, 3.05) is 10.8 Å². The molecule has 0 aliphatic carbocycles. The van der Waals surface area contributed by atoms with Crippen molar-refractivity contribution < 1.29 is 22.4 Å². The van der Waals surface area contributed by atoms with Crippen LogP contribution in [-0.2, 0) is 26.2 Å². The summed E-state index contributed by atoms with van der Waals surface area (Å²) in [6.45, 7) is 8.52. The number of benzene rings is 3. The Morgan fingerprint density at radius 3 is 2.05 bits per heavy atom. The Labute approximate surface area is 238 Å². The monoisotopic (exact) mass is 617 g/mol. The van der Waals surface area contributed by atoms with Gasteiger partial charge in [0.1, 0.15) is 18.4 Å². The summed E-state index contributed by atoms with van der Waals surface area (Å²) >= 11 is 3.40. The highest BCUT2D eigenvalue weighted by molar-refractivity contribution is 9.10. The van der Waals surface area contributed by atoms with Gasteiger partial charge in [-0.15, -0.1) is 0 Å². The summed E-state index contributed by atoms with van der Waals surface area (Å²) < 4.78 is 42.9. The van der Waals surface area contributed by atoms with E-state index in [0.29, 0.717) is 0 Å². The summed E-state index contributed by atoms with van der Waals surface area (Å²) in [5.41, 5.74) is 1.42. The smallest absolute Gasteiger partial charge is 0.264 e. The molecule has 0 spiro atoms. The topological polar surface area (TPSA) is 86.8 Å². The van der Waals surface area contributed by atoms with Gasteiger partial charge in [-0.3, -0.25) is 13.9 Å². The van der Waals surface area contributed by atoms with Crippen LogP contribution in [0.15, 0.2) is 82.2 Å². The maximum atomic E-state index is 13.9. The zero-order valence-electron chi connectivity index (χ0n) is 22.6. The van der Waals surface area contributed by atoms with Gasteiger partial charge in [-0.2, -0.15) is 0 Å². The molecule has 0 aliphatic rings. The van der Waals surface area contributed by atoms with Gasteiger partial charge in [0.25, 0.3) is 10.0 Å². The molecule has 0 fully saturated rings. The number of amides is 2. The van der Waals surface area contributed by atoms with Crippen LogP contribution in [0, 0.1) is 12.7 Å². The third kappa shape index (κ3) is 8.12. The van der Waals surface area contributed by atoms with E-state index in [0.717, 1.165) is 44.2 Å². The van der Waals surface area contributed by atoms with E-state index in [4.69, 9.17) is 0 Å². The fourth-order valence-corrected chi connectivity index (χ4v) is 5.50. The molecule has 10 heteroatoms. The van der Waals surface area contributed by atoms with E-state index in [9.17, 15) is 22.4 Å². The number of hydrogen-bond acceptors (Lipinski definition) is 4. The van der Waals surface area contributed by atoms with Crippen LogP contribution in [-0.4, -0.2) is 43.3 Å². The Balaban J connectivity index is 2.02. The van der Waals surface area contributed by atoms with E-state index in [1.54, 1.807) is 31.2 Å². The van der Waals surface area contributed by atoms with Crippen molar-refractivity contribution in [2.24, 2.45) is 0 Å². The predicted molar refractivity (Wildman–Crippen MR) is 154 cm³/mol. The molecule has 0 radical (unpaired) electrons. The van der Waals surface area contributed by atoms with Gasteiger partial charge in [-0.25, -0.2) is 12.8 Å². The first-order valence-corrected chi connectivity index (χ1v) is 14.6. The van der Waals surface area contributed by atoms with Crippen molar-refractivity contribution in [3.63, 3.8) is 0 Å². The molecule has 3 aromatic carbocycles. The van der Waals surface area contributed by atoms with Gasteiger partial charge in [-0.1, -0.05) is 45.8 Å². The number of rotatable bonds is 9. The molecule has 0 aromatic heterocycles. The van der Waals surface area contributed by atoms with Crippen LogP contribution in [0.1, 0.15) is 38.8 Å². The first kappa shape index (κ1) is 30.3. The third-order valence-corrected chi connectivity index (χ3v) is 8.25. The van der Waals surface area contributed by atoms with Crippen molar-refractivity contribution in [2.45, 2.75) is 57.6 Å². The highest BCUT2D eigenvalue weighted by Crippen LogP contribution is 2.25. The van der Waals surface area contributed by atoms with Crippen LogP contribution in [0.25, 0.3) is 0 Å². The maximum Gasteiger partial charge on any atom is 0.264 e. The first-order chi connectivity index (χ1) is 18.2. The van der Waals surface area contributed by atoms with E-state index in [2.05, 4.69) is 21.2 Å². The third-order valence-electron chi connectivity index (χ3n) is 5.93. The van der Waals surface area contributed by atoms with E-state index in [1.165, 1.54) is 4.90 Å². The van der Waals surface area contributed by atoms with Crippen LogP contribution in [0.4, 0.5) is 10.1 Å². The summed E-state index contributed by atoms with van der Waals surface area (Å²) in [5, 5.41) is 2.89. The van der Waals surface area contributed by atoms with Gasteiger partial charge in [0, 0.05) is 16.6 Å². The Morgan fingerprint density at radius 1 is 0.949 bits per heavy atom. The van der Waals surface area contributed by atoms with Crippen LogP contribution < -0.4 is 9.62 Å². The number of carbonyl (C=O) groups excluding carboxylic acids is 2. The second-order valence-corrected chi connectivity index (χ2v) is 13.1. The highest BCUT2D eigenvalue weighted by atomic mass is 79.9. The molecule has 0 bridgehead atoms. The highest BCUT2D eigenvalue weighted by Gasteiger charge is 2.33. The molecular formula is C29H33BrFN3O4S. The summed E-state index contributed by atoms with van der Waals surface area (Å²) in [6, 6.07) is 17.6. The molecule has 208 valence electrons. The Hall–Kier alpha value is -3.24. The standard InChI is InChI=1S/C29H33BrFN3O4S/c1-20-6-14-25(15-7-20)34(39(37,38)26-16-12-24(31)13-17-26)19-27(35)33(18-22-8-10-23(30)11-9-22)21(2)28(36)32-29(3,4)5/h6-17,21H,18-19H2,1-5H3,(H,32,36)/t21-/m0/s1. The van der Waals surface area contributed by atoms with Crippen molar-refractivity contribution in [1.29, 1.82) is 0 Å². The van der Waals surface area contributed by atoms with Gasteiger partial charge >= 0.3 is 0 Å². The average Bonchev–Trinajstić information content (AvgIpc) is 2.86. The minimum atomic E-state index is -4.25. The lowest BCUT2D eigenvalue weighted by Crippen LogP contribution is -2.54. The minimum Gasteiger partial charge on any atom is -0.350 e. The number of aryl methyl sites for hydroxylation is 1. The zero-order chi connectivity index (χ0) is 29.0. The van der Waals surface area contributed by atoms with Gasteiger partial charge < -0.3 is 10.2 Å². The number of nitrogens with zero attached hydrogens (tertiary/aromatic N) is 2. The summed E-state index contributed by atoms with van der Waals surface area (Å²) in [6.07, 6.45) is 0. The number of anilines is 1. The number of sulfonamides is 1. The number of carbonyl (C=O) groups is 2. The molecule has 3 aromatic rings. The zero-order valence-corrected chi connectivity index (χ0v) is 25.0. The van der Waals surface area contributed by atoms with Crippen LogP contribution in [0.3, 0.4) is 0 Å². The predicted octanol–water partition coefficient (Wildman–Crippen LogP) is 5.42. The lowest BCUT2D eigenvalue weighted by Gasteiger charge is -2.33. The molecule has 0 aliphatic heterocycles. The van der Waals surface area contributed by atoms with Crippen molar-refractivity contribution in [1.82, 2.24) is 10.2 Å². The SMILES string of the molecule is Cc1ccc(N(CC(=O)N(Cc2ccc(Br)cc2)[C@@H](C)C(=O)NC(C)(C)C)S(=O)(=O)c2ccc(F)cc2)cc1. The Kier molecular flexibility index (Phi) is 9.55. The fraction of sp³-hybridized carbons (Fsp3) is 0.310. The summed E-state index contributed by atoms with van der Waals surface area (Å²) in [5.74, 6) is -1.51. The van der Waals surface area contributed by atoms with Crippen molar-refractivity contribution in [3.8, 4) is 0 Å². The van der Waals surface area contributed by atoms with Crippen LogP contribution in [0.5, 0.6) is 0 Å². The maximum absolute atomic E-state index is 13.9. The van der Waals surface area contributed by atoms with E-state index in [-0.39, 0.29) is 23.0 Å². The van der Waals surface area contributed by atoms with Crippen LogP contribution >= 0.6 is 15.9 Å². The normalized spacial score (nSPS) is 12.5. The second kappa shape index (κ2) is 12.3. The molecule has 39 heavy (non-hydrogen) atoms. The van der Waals surface area contributed by atoms with Crippen molar-refractivity contribution >= 4 is 43.5 Å². The largest absolute Gasteiger partial charge is 0.350 e. The first-order valence-electron chi connectivity index (χ1n) is 12.4. The Morgan fingerprint density at radius 2 is 1.51 bits per heavy atom. The minimum absolute atomic E-state index is 0.0865. The molecule has 3 rings (SSSR count). The van der Waals surface area contributed by atoms with Gasteiger partial charge in [0.05, 0.1) is 10.6 Å². The lowest BCUT2D eigenvalue weighted by molar-refractivity contribution is -0.140. The van der Waals surface area contributed by atoms with Crippen LogP contribution in [0.2, 0.25) is 0 Å². The fourth-order valence-electron chi connectivity index (χ4n) is 3.82. The number of hydrogen-bond donors (Lipinski definition) is 1. The lowest BCUT2D eigenvalue weighted by atomic mass is 10.1. The molecule has 1 N–H and O–H groups in total.